The second kappa shape index (κ2) is 8.68. The molecule has 7 heteroatoms. The van der Waals surface area contributed by atoms with Crippen LogP contribution in [0.1, 0.15) is 48.9 Å². The van der Waals surface area contributed by atoms with E-state index in [0.29, 0.717) is 31.7 Å². The average molecular weight is 396 g/mol. The van der Waals surface area contributed by atoms with Gasteiger partial charge < -0.3 is 20.1 Å². The highest BCUT2D eigenvalue weighted by atomic mass is 16.2. The molecule has 0 atom stereocenters. The average Bonchev–Trinajstić information content (AvgIpc) is 3.41. The van der Waals surface area contributed by atoms with E-state index in [0.717, 1.165) is 23.7 Å². The second-order valence-corrected chi connectivity index (χ2v) is 7.97. The zero-order valence-corrected chi connectivity index (χ0v) is 16.7. The Morgan fingerprint density at radius 3 is 2.41 bits per heavy atom. The van der Waals surface area contributed by atoms with Crippen LogP contribution in [0.3, 0.4) is 0 Å². The summed E-state index contributed by atoms with van der Waals surface area (Å²) in [5.74, 6) is -0.0466. The van der Waals surface area contributed by atoms with Gasteiger partial charge in [0, 0.05) is 62.2 Å². The van der Waals surface area contributed by atoms with Gasteiger partial charge in [0.05, 0.1) is 5.56 Å². The summed E-state index contributed by atoms with van der Waals surface area (Å²) in [6.07, 6.45) is 6.67. The minimum absolute atomic E-state index is 0.00855. The second-order valence-electron chi connectivity index (χ2n) is 7.97. The lowest BCUT2D eigenvalue weighted by atomic mass is 10.1. The third-order valence-electron chi connectivity index (χ3n) is 6.03. The summed E-state index contributed by atoms with van der Waals surface area (Å²) >= 11 is 0. The van der Waals surface area contributed by atoms with Crippen molar-refractivity contribution in [1.82, 2.24) is 20.1 Å². The molecule has 2 aliphatic rings. The van der Waals surface area contributed by atoms with Crippen LogP contribution in [0.25, 0.3) is 10.9 Å². The minimum atomic E-state index is -0.0293. The summed E-state index contributed by atoms with van der Waals surface area (Å²) in [4.78, 5) is 44.1. The van der Waals surface area contributed by atoms with Crippen LogP contribution in [0.5, 0.6) is 0 Å². The Morgan fingerprint density at radius 2 is 1.66 bits per heavy atom. The zero-order valence-electron chi connectivity index (χ0n) is 16.7. The number of aromatic amines is 1. The van der Waals surface area contributed by atoms with Gasteiger partial charge in [-0.1, -0.05) is 31.0 Å². The van der Waals surface area contributed by atoms with Gasteiger partial charge in [0.25, 0.3) is 5.91 Å². The van der Waals surface area contributed by atoms with E-state index in [2.05, 4.69) is 10.3 Å². The van der Waals surface area contributed by atoms with Gasteiger partial charge in [0.15, 0.2) is 0 Å². The van der Waals surface area contributed by atoms with Crippen LogP contribution in [-0.2, 0) is 9.59 Å². The Balaban J connectivity index is 1.25. The van der Waals surface area contributed by atoms with E-state index in [1.807, 2.05) is 24.3 Å². The molecule has 0 bridgehead atoms. The van der Waals surface area contributed by atoms with Gasteiger partial charge in [0.2, 0.25) is 11.8 Å². The fourth-order valence-corrected chi connectivity index (χ4v) is 4.33. The number of para-hydroxylation sites is 1. The highest BCUT2D eigenvalue weighted by Crippen LogP contribution is 2.20. The molecule has 2 N–H and O–H groups in total. The Morgan fingerprint density at radius 1 is 0.966 bits per heavy atom. The molecule has 3 amide bonds. The fourth-order valence-electron chi connectivity index (χ4n) is 4.33. The Labute approximate surface area is 170 Å². The fraction of sp³-hybridized carbons (Fsp3) is 0.500. The number of carbonyl (C=O) groups excluding carboxylic acids is 3. The van der Waals surface area contributed by atoms with E-state index in [1.54, 1.807) is 16.0 Å². The largest absolute Gasteiger partial charge is 0.360 e. The topological polar surface area (TPSA) is 85.5 Å². The molecule has 154 valence electrons. The van der Waals surface area contributed by atoms with Crippen molar-refractivity contribution in [3.8, 4) is 0 Å². The maximum Gasteiger partial charge on any atom is 0.256 e. The summed E-state index contributed by atoms with van der Waals surface area (Å²) in [6.45, 7) is 2.05. The van der Waals surface area contributed by atoms with Crippen molar-refractivity contribution in [3.05, 3.63) is 36.0 Å². The van der Waals surface area contributed by atoms with Gasteiger partial charge in [-0.05, 0) is 18.9 Å². The molecule has 1 aliphatic heterocycles. The molecule has 7 nitrogen and oxygen atoms in total. The number of piperazine rings is 1. The first kappa shape index (κ1) is 19.5. The highest BCUT2D eigenvalue weighted by molar-refractivity contribution is 6.06. The molecule has 2 aromatic rings. The van der Waals surface area contributed by atoms with Gasteiger partial charge >= 0.3 is 0 Å². The molecule has 1 aromatic carbocycles. The number of hydrogen-bond acceptors (Lipinski definition) is 3. The van der Waals surface area contributed by atoms with Crippen LogP contribution >= 0.6 is 0 Å². The molecule has 1 aliphatic carbocycles. The third-order valence-corrected chi connectivity index (χ3v) is 6.03. The standard InChI is InChI=1S/C22H28N4O3/c27-20(24-16-5-1-2-6-16)9-10-21(28)25-11-13-26(14-12-25)22(29)18-15-23-19-8-4-3-7-17(18)19/h3-4,7-8,15-16,23H,1-2,5-6,9-14H2,(H,24,27). The number of hydrogen-bond donors (Lipinski definition) is 2. The van der Waals surface area contributed by atoms with E-state index >= 15 is 0 Å². The van der Waals surface area contributed by atoms with Gasteiger partial charge in [-0.3, -0.25) is 14.4 Å². The summed E-state index contributed by atoms with van der Waals surface area (Å²) in [5, 5.41) is 3.94. The summed E-state index contributed by atoms with van der Waals surface area (Å²) < 4.78 is 0. The Hall–Kier alpha value is -2.83. The minimum Gasteiger partial charge on any atom is -0.360 e. The molecule has 2 heterocycles. The van der Waals surface area contributed by atoms with Crippen molar-refractivity contribution in [3.63, 3.8) is 0 Å². The summed E-state index contributed by atoms with van der Waals surface area (Å²) in [6, 6.07) is 8.04. The molecular formula is C22H28N4O3. The van der Waals surface area contributed by atoms with E-state index in [9.17, 15) is 14.4 Å². The molecule has 0 spiro atoms. The van der Waals surface area contributed by atoms with Gasteiger partial charge in [-0.25, -0.2) is 0 Å². The Kier molecular flexibility index (Phi) is 5.83. The molecular weight excluding hydrogens is 368 g/mol. The predicted molar refractivity (Wildman–Crippen MR) is 110 cm³/mol. The number of rotatable bonds is 5. The summed E-state index contributed by atoms with van der Waals surface area (Å²) in [5.41, 5.74) is 1.62. The first-order valence-corrected chi connectivity index (χ1v) is 10.5. The normalized spacial score (nSPS) is 17.7. The lowest BCUT2D eigenvalue weighted by molar-refractivity contribution is -0.135. The van der Waals surface area contributed by atoms with E-state index in [4.69, 9.17) is 0 Å². The number of nitrogens with zero attached hydrogens (tertiary/aromatic N) is 2. The molecule has 1 aromatic heterocycles. The van der Waals surface area contributed by atoms with Crippen molar-refractivity contribution in [2.75, 3.05) is 26.2 Å². The molecule has 2 fully saturated rings. The molecule has 1 saturated heterocycles. The van der Waals surface area contributed by atoms with Gasteiger partial charge in [-0.15, -0.1) is 0 Å². The summed E-state index contributed by atoms with van der Waals surface area (Å²) in [7, 11) is 0. The monoisotopic (exact) mass is 396 g/mol. The van der Waals surface area contributed by atoms with Crippen LogP contribution < -0.4 is 5.32 Å². The van der Waals surface area contributed by atoms with Gasteiger partial charge in [-0.2, -0.15) is 0 Å². The van der Waals surface area contributed by atoms with Crippen LogP contribution in [0, 0.1) is 0 Å². The van der Waals surface area contributed by atoms with E-state index in [-0.39, 0.29) is 36.6 Å². The maximum atomic E-state index is 12.9. The quantitative estimate of drug-likeness (QED) is 0.813. The number of fused-ring (bicyclic) bond motifs is 1. The molecule has 4 rings (SSSR count). The highest BCUT2D eigenvalue weighted by Gasteiger charge is 2.26. The van der Waals surface area contributed by atoms with E-state index in [1.165, 1.54) is 12.8 Å². The van der Waals surface area contributed by atoms with Gasteiger partial charge in [0.1, 0.15) is 0 Å². The number of H-pyrrole nitrogens is 1. The van der Waals surface area contributed by atoms with Crippen LogP contribution in [-0.4, -0.2) is 64.7 Å². The van der Waals surface area contributed by atoms with Crippen LogP contribution in [0.15, 0.2) is 30.5 Å². The molecule has 1 saturated carbocycles. The van der Waals surface area contributed by atoms with Crippen molar-refractivity contribution in [2.45, 2.75) is 44.6 Å². The number of benzene rings is 1. The SMILES string of the molecule is O=C(CCC(=O)N1CCN(C(=O)c2c[nH]c3ccccc23)CC1)NC1CCCC1. The van der Waals surface area contributed by atoms with Crippen molar-refractivity contribution < 1.29 is 14.4 Å². The lowest BCUT2D eigenvalue weighted by Crippen LogP contribution is -2.50. The lowest BCUT2D eigenvalue weighted by Gasteiger charge is -2.34. The van der Waals surface area contributed by atoms with Crippen molar-refractivity contribution in [2.24, 2.45) is 0 Å². The van der Waals surface area contributed by atoms with Crippen molar-refractivity contribution >= 4 is 28.6 Å². The molecule has 0 radical (unpaired) electrons. The predicted octanol–water partition coefficient (Wildman–Crippen LogP) is 2.29. The van der Waals surface area contributed by atoms with E-state index < -0.39 is 0 Å². The number of nitrogens with one attached hydrogen (secondary N) is 2. The molecule has 29 heavy (non-hydrogen) atoms. The maximum absolute atomic E-state index is 12.9. The Bertz CT molecular complexity index is 892. The van der Waals surface area contributed by atoms with Crippen LogP contribution in [0.4, 0.5) is 0 Å². The first-order valence-electron chi connectivity index (χ1n) is 10.5. The van der Waals surface area contributed by atoms with Crippen LogP contribution in [0.2, 0.25) is 0 Å². The first-order chi connectivity index (χ1) is 14.1. The smallest absolute Gasteiger partial charge is 0.256 e. The zero-order chi connectivity index (χ0) is 20.2. The van der Waals surface area contributed by atoms with Crippen molar-refractivity contribution in [1.29, 1.82) is 0 Å². The molecule has 0 unspecified atom stereocenters. The third kappa shape index (κ3) is 4.44. The number of carbonyl (C=O) groups is 3. The number of aromatic nitrogens is 1. The number of amides is 3.